The molecule has 4 heteroatoms. The standard InChI is InChI=1S/C16H11Cl2NO/c1-20-15-9-10(17)5-6-12(15)11-7-8-19-16-13(11)3-2-4-14(16)18/h2-9H,1H3. The number of benzene rings is 2. The molecule has 0 unspecified atom stereocenters. The van der Waals surface area contributed by atoms with Crippen molar-refractivity contribution in [1.29, 1.82) is 0 Å². The quantitative estimate of drug-likeness (QED) is 0.648. The van der Waals surface area contributed by atoms with Crippen LogP contribution >= 0.6 is 23.2 Å². The van der Waals surface area contributed by atoms with Gasteiger partial charge in [0.2, 0.25) is 0 Å². The maximum atomic E-state index is 6.20. The first kappa shape index (κ1) is 13.2. The van der Waals surface area contributed by atoms with Crippen LogP contribution in [0.3, 0.4) is 0 Å². The van der Waals surface area contributed by atoms with Crippen LogP contribution in [0.1, 0.15) is 0 Å². The molecule has 0 amide bonds. The molecule has 0 saturated carbocycles. The number of fused-ring (bicyclic) bond motifs is 1. The predicted molar refractivity (Wildman–Crippen MR) is 83.8 cm³/mol. The minimum atomic E-state index is 0.636. The summed E-state index contributed by atoms with van der Waals surface area (Å²) in [5.41, 5.74) is 2.77. The highest BCUT2D eigenvalue weighted by Crippen LogP contribution is 2.37. The van der Waals surface area contributed by atoms with Crippen molar-refractivity contribution in [2.75, 3.05) is 7.11 Å². The van der Waals surface area contributed by atoms with Crippen molar-refractivity contribution in [1.82, 2.24) is 4.98 Å². The number of ether oxygens (including phenoxy) is 1. The number of para-hydroxylation sites is 1. The second-order valence-electron chi connectivity index (χ2n) is 4.34. The van der Waals surface area contributed by atoms with Crippen LogP contribution in [0.15, 0.2) is 48.7 Å². The highest BCUT2D eigenvalue weighted by Gasteiger charge is 2.11. The molecule has 0 radical (unpaired) electrons. The number of nitrogens with zero attached hydrogens (tertiary/aromatic N) is 1. The zero-order valence-electron chi connectivity index (χ0n) is 10.7. The van der Waals surface area contributed by atoms with Gasteiger partial charge in [-0.05, 0) is 35.9 Å². The highest BCUT2D eigenvalue weighted by molar-refractivity contribution is 6.35. The Bertz CT molecular complexity index is 787. The number of hydrogen-bond acceptors (Lipinski definition) is 2. The molecule has 1 aromatic heterocycles. The maximum absolute atomic E-state index is 6.20. The first-order valence-corrected chi connectivity index (χ1v) is 6.83. The SMILES string of the molecule is COc1cc(Cl)ccc1-c1ccnc2c(Cl)cccc12. The van der Waals surface area contributed by atoms with Crippen LogP contribution in [0.2, 0.25) is 10.0 Å². The van der Waals surface area contributed by atoms with Crippen molar-refractivity contribution in [3.8, 4) is 16.9 Å². The Morgan fingerprint density at radius 1 is 1.00 bits per heavy atom. The number of hydrogen-bond donors (Lipinski definition) is 0. The van der Waals surface area contributed by atoms with Gasteiger partial charge in [-0.25, -0.2) is 0 Å². The monoisotopic (exact) mass is 303 g/mol. The summed E-state index contributed by atoms with van der Waals surface area (Å²) < 4.78 is 5.42. The third kappa shape index (κ3) is 2.21. The average Bonchev–Trinajstić information content (AvgIpc) is 2.47. The Labute approximate surface area is 126 Å². The molecule has 2 nitrogen and oxygen atoms in total. The minimum Gasteiger partial charge on any atom is -0.496 e. The van der Waals surface area contributed by atoms with Crippen LogP contribution in [0.25, 0.3) is 22.0 Å². The lowest BCUT2D eigenvalue weighted by Crippen LogP contribution is -1.90. The maximum Gasteiger partial charge on any atom is 0.128 e. The number of halogens is 2. The molecule has 0 spiro atoms. The molecule has 0 bridgehead atoms. The van der Waals surface area contributed by atoms with Gasteiger partial charge in [-0.15, -0.1) is 0 Å². The number of rotatable bonds is 2. The lowest BCUT2D eigenvalue weighted by Gasteiger charge is -2.11. The molecular formula is C16H11Cl2NO. The van der Waals surface area contributed by atoms with E-state index in [9.17, 15) is 0 Å². The van der Waals surface area contributed by atoms with Gasteiger partial charge in [0.25, 0.3) is 0 Å². The van der Waals surface area contributed by atoms with Gasteiger partial charge in [0.1, 0.15) is 5.75 Å². The molecule has 0 fully saturated rings. The fourth-order valence-electron chi connectivity index (χ4n) is 2.26. The molecule has 0 atom stereocenters. The fourth-order valence-corrected chi connectivity index (χ4v) is 2.65. The van der Waals surface area contributed by atoms with Gasteiger partial charge in [-0.2, -0.15) is 0 Å². The van der Waals surface area contributed by atoms with Gasteiger partial charge in [-0.1, -0.05) is 35.3 Å². The van der Waals surface area contributed by atoms with E-state index in [1.54, 1.807) is 19.4 Å². The van der Waals surface area contributed by atoms with Crippen molar-refractivity contribution in [2.45, 2.75) is 0 Å². The Kier molecular flexibility index (Phi) is 3.51. The molecule has 3 aromatic rings. The zero-order chi connectivity index (χ0) is 14.1. The van der Waals surface area contributed by atoms with Crippen molar-refractivity contribution < 1.29 is 4.74 Å². The van der Waals surface area contributed by atoms with E-state index in [2.05, 4.69) is 4.98 Å². The third-order valence-corrected chi connectivity index (χ3v) is 3.72. The van der Waals surface area contributed by atoms with Crippen LogP contribution in [-0.4, -0.2) is 12.1 Å². The molecule has 0 aliphatic heterocycles. The number of aromatic nitrogens is 1. The van der Waals surface area contributed by atoms with Crippen LogP contribution in [0.4, 0.5) is 0 Å². The van der Waals surface area contributed by atoms with E-state index in [0.29, 0.717) is 10.0 Å². The molecule has 20 heavy (non-hydrogen) atoms. The highest BCUT2D eigenvalue weighted by atomic mass is 35.5. The molecule has 100 valence electrons. The Morgan fingerprint density at radius 3 is 2.65 bits per heavy atom. The normalized spacial score (nSPS) is 10.8. The van der Waals surface area contributed by atoms with Crippen molar-refractivity contribution in [3.05, 3.63) is 58.7 Å². The Balaban J connectivity index is 2.33. The summed E-state index contributed by atoms with van der Waals surface area (Å²) in [6.45, 7) is 0. The van der Waals surface area contributed by atoms with E-state index in [4.69, 9.17) is 27.9 Å². The Morgan fingerprint density at radius 2 is 1.85 bits per heavy atom. The van der Waals surface area contributed by atoms with E-state index in [1.165, 1.54) is 0 Å². The molecule has 0 aliphatic rings. The lowest BCUT2D eigenvalue weighted by molar-refractivity contribution is 0.416. The first-order chi connectivity index (χ1) is 9.70. The summed E-state index contributed by atoms with van der Waals surface area (Å²) in [6.07, 6.45) is 1.75. The van der Waals surface area contributed by atoms with Crippen LogP contribution < -0.4 is 4.74 Å². The van der Waals surface area contributed by atoms with Gasteiger partial charge in [-0.3, -0.25) is 4.98 Å². The zero-order valence-corrected chi connectivity index (χ0v) is 12.2. The van der Waals surface area contributed by atoms with E-state index in [-0.39, 0.29) is 0 Å². The summed E-state index contributed by atoms with van der Waals surface area (Å²) >= 11 is 12.2. The Hall–Kier alpha value is -1.77. The topological polar surface area (TPSA) is 22.1 Å². The van der Waals surface area contributed by atoms with Gasteiger partial charge in [0, 0.05) is 22.2 Å². The van der Waals surface area contributed by atoms with Crippen molar-refractivity contribution in [2.24, 2.45) is 0 Å². The van der Waals surface area contributed by atoms with E-state index in [0.717, 1.165) is 27.8 Å². The van der Waals surface area contributed by atoms with E-state index < -0.39 is 0 Å². The number of pyridine rings is 1. The van der Waals surface area contributed by atoms with E-state index >= 15 is 0 Å². The molecule has 0 N–H and O–H groups in total. The summed E-state index contributed by atoms with van der Waals surface area (Å²) in [7, 11) is 1.63. The predicted octanol–water partition coefficient (Wildman–Crippen LogP) is 5.22. The lowest BCUT2D eigenvalue weighted by atomic mass is 10.0. The van der Waals surface area contributed by atoms with Gasteiger partial charge in [0.15, 0.2) is 0 Å². The summed E-state index contributed by atoms with van der Waals surface area (Å²) in [5.74, 6) is 0.727. The van der Waals surface area contributed by atoms with Crippen LogP contribution in [-0.2, 0) is 0 Å². The largest absolute Gasteiger partial charge is 0.496 e. The molecule has 1 heterocycles. The molecular weight excluding hydrogens is 293 g/mol. The van der Waals surface area contributed by atoms with Crippen molar-refractivity contribution in [3.63, 3.8) is 0 Å². The van der Waals surface area contributed by atoms with Crippen LogP contribution in [0, 0.1) is 0 Å². The molecule has 2 aromatic carbocycles. The second kappa shape index (κ2) is 5.31. The van der Waals surface area contributed by atoms with Gasteiger partial charge < -0.3 is 4.74 Å². The van der Waals surface area contributed by atoms with Gasteiger partial charge >= 0.3 is 0 Å². The summed E-state index contributed by atoms with van der Waals surface area (Å²) in [5, 5.41) is 2.26. The van der Waals surface area contributed by atoms with Crippen molar-refractivity contribution >= 4 is 34.1 Å². The summed E-state index contributed by atoms with van der Waals surface area (Å²) in [4.78, 5) is 4.34. The van der Waals surface area contributed by atoms with Gasteiger partial charge in [0.05, 0.1) is 17.6 Å². The fraction of sp³-hybridized carbons (Fsp3) is 0.0625. The average molecular weight is 304 g/mol. The minimum absolute atomic E-state index is 0.636. The summed E-state index contributed by atoms with van der Waals surface area (Å²) in [6, 6.07) is 13.3. The molecule has 0 saturated heterocycles. The second-order valence-corrected chi connectivity index (χ2v) is 5.18. The third-order valence-electron chi connectivity index (χ3n) is 3.18. The smallest absolute Gasteiger partial charge is 0.128 e. The van der Waals surface area contributed by atoms with Crippen LogP contribution in [0.5, 0.6) is 5.75 Å². The number of methoxy groups -OCH3 is 1. The molecule has 0 aliphatic carbocycles. The first-order valence-electron chi connectivity index (χ1n) is 6.08. The molecule has 3 rings (SSSR count). The van der Waals surface area contributed by atoms with E-state index in [1.807, 2.05) is 36.4 Å².